The fraction of sp³-hybridized carbons (Fsp3) is 0.250. The highest BCUT2D eigenvalue weighted by molar-refractivity contribution is 6.35. The molecular weight excluding hydrogens is 242 g/mol. The maximum Gasteiger partial charge on any atom is 0.341 e. The van der Waals surface area contributed by atoms with Crippen molar-refractivity contribution in [2.75, 3.05) is 7.11 Å². The summed E-state index contributed by atoms with van der Waals surface area (Å²) < 4.78 is 4.52. The Labute approximate surface area is 104 Å². The van der Waals surface area contributed by atoms with Crippen molar-refractivity contribution in [2.24, 2.45) is 0 Å². The van der Waals surface area contributed by atoms with E-state index < -0.39 is 11.8 Å². The van der Waals surface area contributed by atoms with E-state index in [1.165, 1.54) is 13.2 Å². The van der Waals surface area contributed by atoms with Gasteiger partial charge in [-0.2, -0.15) is 0 Å². The second-order valence-electron chi connectivity index (χ2n) is 3.31. The van der Waals surface area contributed by atoms with Crippen molar-refractivity contribution in [3.8, 4) is 0 Å². The van der Waals surface area contributed by atoms with Gasteiger partial charge in [-0.15, -0.1) is 0 Å². The van der Waals surface area contributed by atoms with Gasteiger partial charge in [0.2, 0.25) is 5.78 Å². The summed E-state index contributed by atoms with van der Waals surface area (Å²) in [7, 11) is 1.22. The van der Waals surface area contributed by atoms with Crippen LogP contribution in [0.2, 0.25) is 5.15 Å². The van der Waals surface area contributed by atoms with Gasteiger partial charge < -0.3 is 4.74 Å². The third-order valence-corrected chi connectivity index (χ3v) is 2.46. The number of pyridine rings is 1. The van der Waals surface area contributed by atoms with Crippen molar-refractivity contribution in [2.45, 2.75) is 13.8 Å². The molecule has 90 valence electrons. The monoisotopic (exact) mass is 253 g/mol. The summed E-state index contributed by atoms with van der Waals surface area (Å²) in [5.74, 6) is -1.18. The van der Waals surface area contributed by atoms with Crippen molar-refractivity contribution in [1.82, 2.24) is 4.98 Å². The lowest BCUT2D eigenvalue weighted by Gasteiger charge is -2.05. The Hall–Kier alpha value is -1.68. The third kappa shape index (κ3) is 2.91. The van der Waals surface area contributed by atoms with Crippen molar-refractivity contribution in [3.63, 3.8) is 0 Å². The minimum atomic E-state index is -0.686. The number of rotatable bonds is 3. The molecule has 0 aliphatic rings. The van der Waals surface area contributed by atoms with E-state index in [0.29, 0.717) is 5.69 Å². The summed E-state index contributed by atoms with van der Waals surface area (Å²) >= 11 is 5.86. The highest BCUT2D eigenvalue weighted by Gasteiger charge is 2.22. The van der Waals surface area contributed by atoms with Crippen molar-refractivity contribution < 1.29 is 14.3 Å². The van der Waals surface area contributed by atoms with Crippen LogP contribution in [0.4, 0.5) is 0 Å². The molecule has 0 saturated carbocycles. The van der Waals surface area contributed by atoms with E-state index in [1.54, 1.807) is 26.0 Å². The van der Waals surface area contributed by atoms with E-state index in [-0.39, 0.29) is 16.3 Å². The van der Waals surface area contributed by atoms with E-state index in [9.17, 15) is 9.59 Å². The molecule has 0 radical (unpaired) electrons. The summed E-state index contributed by atoms with van der Waals surface area (Å²) in [5, 5.41) is 0.0817. The predicted molar refractivity (Wildman–Crippen MR) is 64.1 cm³/mol. The lowest BCUT2D eigenvalue weighted by atomic mass is 10.0. The zero-order chi connectivity index (χ0) is 13.0. The van der Waals surface area contributed by atoms with Crippen molar-refractivity contribution >= 4 is 23.4 Å². The average molecular weight is 254 g/mol. The molecule has 0 amide bonds. The Kier molecular flexibility index (Phi) is 4.40. The second kappa shape index (κ2) is 5.59. The number of ketones is 1. The van der Waals surface area contributed by atoms with Crippen LogP contribution in [0.15, 0.2) is 23.8 Å². The van der Waals surface area contributed by atoms with Gasteiger partial charge in [-0.3, -0.25) is 4.79 Å². The van der Waals surface area contributed by atoms with Gasteiger partial charge in [0.15, 0.2) is 0 Å². The Morgan fingerprint density at radius 2 is 2.06 bits per heavy atom. The number of methoxy groups -OCH3 is 1. The van der Waals surface area contributed by atoms with Gasteiger partial charge in [-0.05, 0) is 26.0 Å². The number of aromatic nitrogens is 1. The first-order valence-electron chi connectivity index (χ1n) is 4.93. The molecule has 0 saturated heterocycles. The summed E-state index contributed by atoms with van der Waals surface area (Å²) in [6.07, 6.45) is 1.39. The number of hydrogen-bond acceptors (Lipinski definition) is 4. The van der Waals surface area contributed by atoms with E-state index >= 15 is 0 Å². The normalized spacial score (nSPS) is 11.2. The lowest BCUT2D eigenvalue weighted by molar-refractivity contribution is -0.135. The Morgan fingerprint density at radius 1 is 1.41 bits per heavy atom. The van der Waals surface area contributed by atoms with Gasteiger partial charge in [0.25, 0.3) is 0 Å². The maximum absolute atomic E-state index is 12.0. The zero-order valence-electron chi connectivity index (χ0n) is 9.78. The van der Waals surface area contributed by atoms with E-state index in [1.807, 2.05) is 0 Å². The predicted octanol–water partition coefficient (Wildman–Crippen LogP) is 2.35. The molecule has 0 unspecified atom stereocenters. The minimum absolute atomic E-state index is 0.0555. The fourth-order valence-corrected chi connectivity index (χ4v) is 1.57. The number of esters is 1. The van der Waals surface area contributed by atoms with E-state index in [2.05, 4.69) is 9.72 Å². The van der Waals surface area contributed by atoms with Gasteiger partial charge in [0, 0.05) is 5.69 Å². The van der Waals surface area contributed by atoms with Gasteiger partial charge in [-0.25, -0.2) is 9.78 Å². The highest BCUT2D eigenvalue weighted by atomic mass is 35.5. The molecule has 17 heavy (non-hydrogen) atoms. The number of allylic oxidation sites excluding steroid dienone is 1. The van der Waals surface area contributed by atoms with Crippen molar-refractivity contribution in [3.05, 3.63) is 40.2 Å². The SMILES string of the molecule is C/C=C(\C(=O)OC)C(=O)c1ccc(C)nc1Cl. The molecular formula is C12H12ClNO3. The number of aryl methyl sites for hydroxylation is 1. The highest BCUT2D eigenvalue weighted by Crippen LogP contribution is 2.18. The largest absolute Gasteiger partial charge is 0.465 e. The second-order valence-corrected chi connectivity index (χ2v) is 3.67. The van der Waals surface area contributed by atoms with Crippen LogP contribution < -0.4 is 0 Å². The van der Waals surface area contributed by atoms with Gasteiger partial charge in [0.1, 0.15) is 10.7 Å². The molecule has 1 rings (SSSR count). The Morgan fingerprint density at radius 3 is 2.53 bits per heavy atom. The molecule has 0 spiro atoms. The number of carbonyl (C=O) groups excluding carboxylic acids is 2. The molecule has 0 bridgehead atoms. The molecule has 0 atom stereocenters. The van der Waals surface area contributed by atoms with Crippen LogP contribution in [0.5, 0.6) is 0 Å². The number of Topliss-reactive ketones (excluding diaryl/α,β-unsaturated/α-hetero) is 1. The molecule has 1 heterocycles. The quantitative estimate of drug-likeness (QED) is 0.207. The van der Waals surface area contributed by atoms with Crippen LogP contribution in [-0.4, -0.2) is 23.8 Å². The Balaban J connectivity index is 3.16. The van der Waals surface area contributed by atoms with Gasteiger partial charge in [-0.1, -0.05) is 17.7 Å². The molecule has 1 aromatic rings. The zero-order valence-corrected chi connectivity index (χ0v) is 10.5. The van der Waals surface area contributed by atoms with Crippen LogP contribution in [-0.2, 0) is 9.53 Å². The van der Waals surface area contributed by atoms with E-state index in [0.717, 1.165) is 0 Å². The summed E-state index contributed by atoms with van der Waals surface area (Å²) in [6, 6.07) is 3.20. The third-order valence-electron chi connectivity index (χ3n) is 2.17. The number of hydrogen-bond donors (Lipinski definition) is 0. The van der Waals surface area contributed by atoms with Crippen LogP contribution in [0, 0.1) is 6.92 Å². The van der Waals surface area contributed by atoms with Crippen LogP contribution in [0.3, 0.4) is 0 Å². The molecule has 0 aliphatic heterocycles. The summed E-state index contributed by atoms with van der Waals surface area (Å²) in [4.78, 5) is 27.3. The first-order valence-corrected chi connectivity index (χ1v) is 5.31. The Bertz CT molecular complexity index is 495. The van der Waals surface area contributed by atoms with Gasteiger partial charge in [0.05, 0.1) is 12.7 Å². The minimum Gasteiger partial charge on any atom is -0.465 e. The summed E-state index contributed by atoms with van der Waals surface area (Å²) in [6.45, 7) is 3.34. The first-order chi connectivity index (χ1) is 8.01. The number of nitrogens with zero attached hydrogens (tertiary/aromatic N) is 1. The topological polar surface area (TPSA) is 56.3 Å². The molecule has 0 aliphatic carbocycles. The van der Waals surface area contributed by atoms with Gasteiger partial charge >= 0.3 is 5.97 Å². The molecule has 0 aromatic carbocycles. The van der Waals surface area contributed by atoms with Crippen molar-refractivity contribution in [1.29, 1.82) is 0 Å². The smallest absolute Gasteiger partial charge is 0.341 e. The maximum atomic E-state index is 12.0. The van der Waals surface area contributed by atoms with E-state index in [4.69, 9.17) is 11.6 Å². The molecule has 0 N–H and O–H groups in total. The molecule has 4 nitrogen and oxygen atoms in total. The average Bonchev–Trinajstić information content (AvgIpc) is 2.29. The molecule has 1 aromatic heterocycles. The van der Waals surface area contributed by atoms with Crippen LogP contribution >= 0.6 is 11.6 Å². The molecule has 0 fully saturated rings. The van der Waals surface area contributed by atoms with Crippen LogP contribution in [0.1, 0.15) is 23.0 Å². The lowest BCUT2D eigenvalue weighted by Crippen LogP contribution is -2.15. The number of ether oxygens (including phenoxy) is 1. The number of carbonyl (C=O) groups is 2. The fourth-order valence-electron chi connectivity index (χ4n) is 1.29. The van der Waals surface area contributed by atoms with Crippen LogP contribution in [0.25, 0.3) is 0 Å². The standard InChI is InChI=1S/C12H12ClNO3/c1-4-8(12(16)17-3)10(15)9-6-5-7(2)14-11(9)13/h4-6H,1-3H3/b8-4-. The summed E-state index contributed by atoms with van der Waals surface area (Å²) in [5.41, 5.74) is 0.836. The first kappa shape index (κ1) is 13.4. The molecule has 5 heteroatoms. The number of halogens is 1.